The molecule has 2 aromatic carbocycles. The molecule has 0 atom stereocenters. The Morgan fingerprint density at radius 3 is 2.74 bits per heavy atom. The monoisotopic (exact) mass is 440 g/mol. The molecule has 8 heteroatoms. The number of hydrogen-bond donors (Lipinski definition) is 1. The molecule has 0 saturated carbocycles. The number of nitrogens with one attached hydrogen (secondary N) is 1. The van der Waals surface area contributed by atoms with Gasteiger partial charge in [-0.15, -0.1) is 5.10 Å². The van der Waals surface area contributed by atoms with E-state index in [4.69, 9.17) is 21.1 Å². The van der Waals surface area contributed by atoms with Crippen LogP contribution in [0.2, 0.25) is 5.02 Å². The van der Waals surface area contributed by atoms with E-state index in [1.54, 1.807) is 11.8 Å². The molecule has 2 heterocycles. The SMILES string of the molecule is COc1cccc(-n2nnc(C(=O)NCC3(c4cccc(Cl)c4)CCOCC3)c2C)c1. The molecule has 4 rings (SSSR count). The fourth-order valence-electron chi connectivity index (χ4n) is 4.01. The second-order valence-corrected chi connectivity index (χ2v) is 8.16. The third kappa shape index (κ3) is 4.43. The van der Waals surface area contributed by atoms with Crippen LogP contribution in [-0.4, -0.2) is 47.8 Å². The summed E-state index contributed by atoms with van der Waals surface area (Å²) in [5.74, 6) is 0.459. The van der Waals surface area contributed by atoms with E-state index in [2.05, 4.69) is 21.7 Å². The van der Waals surface area contributed by atoms with E-state index in [1.807, 2.05) is 49.4 Å². The Bertz CT molecular complexity index is 1080. The van der Waals surface area contributed by atoms with Crippen LogP contribution in [0.4, 0.5) is 0 Å². The van der Waals surface area contributed by atoms with Gasteiger partial charge in [0.2, 0.25) is 0 Å². The van der Waals surface area contributed by atoms with Crippen molar-refractivity contribution in [2.75, 3.05) is 26.9 Å². The predicted molar refractivity (Wildman–Crippen MR) is 118 cm³/mol. The van der Waals surface area contributed by atoms with Crippen molar-refractivity contribution in [2.45, 2.75) is 25.2 Å². The second-order valence-electron chi connectivity index (χ2n) is 7.72. The fourth-order valence-corrected chi connectivity index (χ4v) is 4.20. The average Bonchev–Trinajstić information content (AvgIpc) is 3.19. The van der Waals surface area contributed by atoms with Crippen molar-refractivity contribution in [3.8, 4) is 11.4 Å². The first-order valence-corrected chi connectivity index (χ1v) is 10.6. The Labute approximate surface area is 186 Å². The number of hydrogen-bond acceptors (Lipinski definition) is 5. The van der Waals surface area contributed by atoms with Crippen molar-refractivity contribution in [2.24, 2.45) is 0 Å². The quantitative estimate of drug-likeness (QED) is 0.632. The number of ether oxygens (including phenoxy) is 2. The third-order valence-corrected chi connectivity index (χ3v) is 6.12. The van der Waals surface area contributed by atoms with Crippen molar-refractivity contribution >= 4 is 17.5 Å². The maximum absolute atomic E-state index is 13.0. The summed E-state index contributed by atoms with van der Waals surface area (Å²) in [4.78, 5) is 13.0. The summed E-state index contributed by atoms with van der Waals surface area (Å²) < 4.78 is 12.5. The number of amides is 1. The lowest BCUT2D eigenvalue weighted by molar-refractivity contribution is 0.0486. The Morgan fingerprint density at radius 2 is 2.00 bits per heavy atom. The van der Waals surface area contributed by atoms with E-state index < -0.39 is 0 Å². The van der Waals surface area contributed by atoms with Crippen LogP contribution in [-0.2, 0) is 10.2 Å². The van der Waals surface area contributed by atoms with Crippen molar-refractivity contribution in [3.05, 3.63) is 70.5 Å². The molecule has 31 heavy (non-hydrogen) atoms. The van der Waals surface area contributed by atoms with Gasteiger partial charge in [0.05, 0.1) is 18.5 Å². The van der Waals surface area contributed by atoms with Gasteiger partial charge in [0, 0.05) is 36.3 Å². The van der Waals surface area contributed by atoms with Crippen molar-refractivity contribution in [1.82, 2.24) is 20.3 Å². The average molecular weight is 441 g/mol. The summed E-state index contributed by atoms with van der Waals surface area (Å²) in [6.45, 7) is 3.59. The first-order chi connectivity index (χ1) is 15.0. The molecule has 0 bridgehead atoms. The van der Waals surface area contributed by atoms with Crippen LogP contribution in [0, 0.1) is 6.92 Å². The number of carbonyl (C=O) groups excluding carboxylic acids is 1. The smallest absolute Gasteiger partial charge is 0.273 e. The molecule has 162 valence electrons. The van der Waals surface area contributed by atoms with Crippen molar-refractivity contribution in [3.63, 3.8) is 0 Å². The van der Waals surface area contributed by atoms with Crippen LogP contribution in [0.3, 0.4) is 0 Å². The zero-order chi connectivity index (χ0) is 21.8. The van der Waals surface area contributed by atoms with Crippen LogP contribution in [0.5, 0.6) is 5.75 Å². The largest absolute Gasteiger partial charge is 0.497 e. The summed E-state index contributed by atoms with van der Waals surface area (Å²) in [7, 11) is 1.61. The lowest BCUT2D eigenvalue weighted by Gasteiger charge is -2.38. The van der Waals surface area contributed by atoms with Gasteiger partial charge in [-0.25, -0.2) is 4.68 Å². The zero-order valence-electron chi connectivity index (χ0n) is 17.6. The summed E-state index contributed by atoms with van der Waals surface area (Å²) >= 11 is 6.24. The van der Waals surface area contributed by atoms with E-state index in [1.165, 1.54) is 0 Å². The van der Waals surface area contributed by atoms with Gasteiger partial charge in [0.25, 0.3) is 5.91 Å². The van der Waals surface area contributed by atoms with Crippen molar-refractivity contribution in [1.29, 1.82) is 0 Å². The molecule has 1 amide bonds. The Morgan fingerprint density at radius 1 is 1.23 bits per heavy atom. The second kappa shape index (κ2) is 9.08. The molecule has 0 radical (unpaired) electrons. The minimum Gasteiger partial charge on any atom is -0.497 e. The summed E-state index contributed by atoms with van der Waals surface area (Å²) in [5, 5.41) is 12.1. The Kier molecular flexibility index (Phi) is 6.25. The van der Waals surface area contributed by atoms with Gasteiger partial charge in [-0.1, -0.05) is 35.0 Å². The Balaban J connectivity index is 1.54. The summed E-state index contributed by atoms with van der Waals surface area (Å²) in [5.41, 5.74) is 2.63. The summed E-state index contributed by atoms with van der Waals surface area (Å²) in [6, 6.07) is 15.3. The molecular formula is C23H25ClN4O3. The number of halogens is 1. The van der Waals surface area contributed by atoms with Crippen LogP contribution >= 0.6 is 11.6 Å². The molecule has 0 spiro atoms. The molecule has 0 aliphatic carbocycles. The molecule has 1 aliphatic heterocycles. The van der Waals surface area contributed by atoms with E-state index in [9.17, 15) is 4.79 Å². The first kappa shape index (κ1) is 21.3. The third-order valence-electron chi connectivity index (χ3n) is 5.88. The highest BCUT2D eigenvalue weighted by atomic mass is 35.5. The molecule has 1 aliphatic rings. The van der Waals surface area contributed by atoms with Gasteiger partial charge in [-0.3, -0.25) is 4.79 Å². The molecule has 0 unspecified atom stereocenters. The number of rotatable bonds is 6. The van der Waals surface area contributed by atoms with Gasteiger partial charge in [-0.2, -0.15) is 0 Å². The minimum absolute atomic E-state index is 0.227. The fraction of sp³-hybridized carbons (Fsp3) is 0.348. The maximum atomic E-state index is 13.0. The van der Waals surface area contributed by atoms with E-state index in [-0.39, 0.29) is 11.3 Å². The van der Waals surface area contributed by atoms with Crippen molar-refractivity contribution < 1.29 is 14.3 Å². The first-order valence-electron chi connectivity index (χ1n) is 10.2. The molecule has 1 fully saturated rings. The summed E-state index contributed by atoms with van der Waals surface area (Å²) in [6.07, 6.45) is 1.62. The maximum Gasteiger partial charge on any atom is 0.273 e. The predicted octanol–water partition coefficient (Wildman–Crippen LogP) is 3.72. The van der Waals surface area contributed by atoms with Crippen LogP contribution in [0.15, 0.2) is 48.5 Å². The molecule has 1 N–H and O–H groups in total. The van der Waals surface area contributed by atoms with Gasteiger partial charge in [0.1, 0.15) is 5.75 Å². The van der Waals surface area contributed by atoms with Gasteiger partial charge in [0.15, 0.2) is 5.69 Å². The molecular weight excluding hydrogens is 416 g/mol. The van der Waals surface area contributed by atoms with Crippen LogP contribution < -0.4 is 10.1 Å². The van der Waals surface area contributed by atoms with Gasteiger partial charge < -0.3 is 14.8 Å². The van der Waals surface area contributed by atoms with E-state index in [0.717, 1.165) is 24.1 Å². The van der Waals surface area contributed by atoms with E-state index >= 15 is 0 Å². The highest BCUT2D eigenvalue weighted by Gasteiger charge is 2.35. The number of carbonyl (C=O) groups is 1. The number of methoxy groups -OCH3 is 1. The molecule has 1 aromatic heterocycles. The molecule has 7 nitrogen and oxygen atoms in total. The van der Waals surface area contributed by atoms with E-state index in [0.29, 0.717) is 41.9 Å². The van der Waals surface area contributed by atoms with Crippen LogP contribution in [0.25, 0.3) is 5.69 Å². The lowest BCUT2D eigenvalue weighted by Crippen LogP contribution is -2.44. The lowest BCUT2D eigenvalue weighted by atomic mass is 9.74. The molecule has 3 aromatic rings. The molecule has 1 saturated heterocycles. The van der Waals surface area contributed by atoms with Gasteiger partial charge >= 0.3 is 0 Å². The number of nitrogens with zero attached hydrogens (tertiary/aromatic N) is 3. The topological polar surface area (TPSA) is 78.3 Å². The Hall–Kier alpha value is -2.90. The normalized spacial score (nSPS) is 15.5. The van der Waals surface area contributed by atoms with Crippen LogP contribution in [0.1, 0.15) is 34.6 Å². The number of benzene rings is 2. The standard InChI is InChI=1S/C23H25ClN4O3/c1-16-21(26-27-28(16)19-7-4-8-20(14-19)30-2)22(29)25-15-23(9-11-31-12-10-23)17-5-3-6-18(24)13-17/h3-8,13-14H,9-12,15H2,1-2H3,(H,25,29). The van der Waals surface area contributed by atoms with Gasteiger partial charge in [-0.05, 0) is 49.6 Å². The number of aromatic nitrogens is 3. The highest BCUT2D eigenvalue weighted by Crippen LogP contribution is 2.35. The highest BCUT2D eigenvalue weighted by molar-refractivity contribution is 6.30. The minimum atomic E-state index is -0.250. The zero-order valence-corrected chi connectivity index (χ0v) is 18.4.